The standard InChI is InChI=1S/C14H19F2N3O/c1-2-17-14(20)10-18-5-7-19(8-6-18)13-4-3-11(15)9-12(13)16/h3-4,9H,2,5-8,10H2,1H3,(H,17,20). The average Bonchev–Trinajstić information content (AvgIpc) is 2.40. The number of hydrogen-bond donors (Lipinski definition) is 1. The van der Waals surface area contributed by atoms with Crippen LogP contribution in [0.2, 0.25) is 0 Å². The van der Waals surface area contributed by atoms with Gasteiger partial charge in [0.05, 0.1) is 12.2 Å². The first-order valence-corrected chi connectivity index (χ1v) is 6.79. The summed E-state index contributed by atoms with van der Waals surface area (Å²) in [6.07, 6.45) is 0. The highest BCUT2D eigenvalue weighted by atomic mass is 19.1. The van der Waals surface area contributed by atoms with E-state index < -0.39 is 11.6 Å². The van der Waals surface area contributed by atoms with E-state index in [2.05, 4.69) is 5.32 Å². The van der Waals surface area contributed by atoms with Gasteiger partial charge in [-0.15, -0.1) is 0 Å². The van der Waals surface area contributed by atoms with Crippen LogP contribution < -0.4 is 10.2 Å². The Morgan fingerprint density at radius 1 is 1.25 bits per heavy atom. The maximum Gasteiger partial charge on any atom is 0.234 e. The summed E-state index contributed by atoms with van der Waals surface area (Å²) in [5.41, 5.74) is 0.420. The van der Waals surface area contributed by atoms with Crippen molar-refractivity contribution in [2.75, 3.05) is 44.2 Å². The van der Waals surface area contributed by atoms with Crippen LogP contribution in [0.15, 0.2) is 18.2 Å². The number of nitrogens with one attached hydrogen (secondary N) is 1. The van der Waals surface area contributed by atoms with Gasteiger partial charge in [0, 0.05) is 38.8 Å². The Kier molecular flexibility index (Phi) is 4.89. The number of piperazine rings is 1. The van der Waals surface area contributed by atoms with E-state index in [9.17, 15) is 13.6 Å². The summed E-state index contributed by atoms with van der Waals surface area (Å²) in [6.45, 7) is 5.51. The lowest BCUT2D eigenvalue weighted by Gasteiger charge is -2.35. The van der Waals surface area contributed by atoms with Gasteiger partial charge in [-0.1, -0.05) is 0 Å². The van der Waals surface area contributed by atoms with E-state index in [0.717, 1.165) is 6.07 Å². The lowest BCUT2D eigenvalue weighted by molar-refractivity contribution is -0.122. The fourth-order valence-electron chi connectivity index (χ4n) is 2.34. The fourth-order valence-corrected chi connectivity index (χ4v) is 2.34. The Morgan fingerprint density at radius 2 is 1.95 bits per heavy atom. The summed E-state index contributed by atoms with van der Waals surface area (Å²) < 4.78 is 26.6. The molecule has 110 valence electrons. The topological polar surface area (TPSA) is 35.6 Å². The molecule has 1 N–H and O–H groups in total. The summed E-state index contributed by atoms with van der Waals surface area (Å²) in [5.74, 6) is -1.10. The second-order valence-electron chi connectivity index (χ2n) is 4.81. The van der Waals surface area contributed by atoms with Crippen LogP contribution in [0.25, 0.3) is 0 Å². The number of carbonyl (C=O) groups excluding carboxylic acids is 1. The van der Waals surface area contributed by atoms with Gasteiger partial charge in [-0.05, 0) is 19.1 Å². The molecule has 1 saturated heterocycles. The largest absolute Gasteiger partial charge is 0.367 e. The van der Waals surface area contributed by atoms with Gasteiger partial charge in [-0.25, -0.2) is 8.78 Å². The highest BCUT2D eigenvalue weighted by molar-refractivity contribution is 5.77. The quantitative estimate of drug-likeness (QED) is 0.902. The number of anilines is 1. The molecular formula is C14H19F2N3O. The SMILES string of the molecule is CCNC(=O)CN1CCN(c2ccc(F)cc2F)CC1. The van der Waals surface area contributed by atoms with E-state index in [0.29, 0.717) is 45.0 Å². The van der Waals surface area contributed by atoms with Gasteiger partial charge in [0.15, 0.2) is 0 Å². The highest BCUT2D eigenvalue weighted by Crippen LogP contribution is 2.21. The zero-order valence-corrected chi connectivity index (χ0v) is 11.5. The Bertz CT molecular complexity index is 473. The van der Waals surface area contributed by atoms with Crippen LogP contribution in [0.3, 0.4) is 0 Å². The minimum absolute atomic E-state index is 0.00825. The first kappa shape index (κ1) is 14.7. The van der Waals surface area contributed by atoms with Crippen LogP contribution in [0.5, 0.6) is 0 Å². The second kappa shape index (κ2) is 6.65. The molecule has 2 rings (SSSR count). The van der Waals surface area contributed by atoms with E-state index in [4.69, 9.17) is 0 Å². The summed E-state index contributed by atoms with van der Waals surface area (Å²) in [6, 6.07) is 3.63. The third-order valence-corrected chi connectivity index (χ3v) is 3.36. The van der Waals surface area contributed by atoms with Crippen LogP contribution in [0.1, 0.15) is 6.92 Å². The molecule has 1 fully saturated rings. The Hall–Kier alpha value is -1.69. The number of amides is 1. The number of rotatable bonds is 4. The summed E-state index contributed by atoms with van der Waals surface area (Å²) in [5, 5.41) is 2.76. The first-order chi connectivity index (χ1) is 9.60. The molecule has 20 heavy (non-hydrogen) atoms. The molecule has 1 aliphatic rings. The van der Waals surface area contributed by atoms with E-state index >= 15 is 0 Å². The number of nitrogens with zero attached hydrogens (tertiary/aromatic N) is 2. The molecule has 1 aromatic carbocycles. The molecular weight excluding hydrogens is 264 g/mol. The predicted octanol–water partition coefficient (Wildman–Crippen LogP) is 1.22. The zero-order valence-electron chi connectivity index (χ0n) is 11.5. The van der Waals surface area contributed by atoms with Crippen LogP contribution >= 0.6 is 0 Å². The van der Waals surface area contributed by atoms with Crippen molar-refractivity contribution < 1.29 is 13.6 Å². The minimum atomic E-state index is -0.568. The van der Waals surface area contributed by atoms with Crippen LogP contribution in [0, 0.1) is 11.6 Å². The molecule has 0 aliphatic carbocycles. The average molecular weight is 283 g/mol. The van der Waals surface area contributed by atoms with Gasteiger partial charge in [0.2, 0.25) is 5.91 Å². The van der Waals surface area contributed by atoms with Crippen LogP contribution in [-0.2, 0) is 4.79 Å². The number of benzene rings is 1. The van der Waals surface area contributed by atoms with Gasteiger partial charge >= 0.3 is 0 Å². The van der Waals surface area contributed by atoms with Crippen molar-refractivity contribution in [2.45, 2.75) is 6.92 Å². The number of hydrogen-bond acceptors (Lipinski definition) is 3. The van der Waals surface area contributed by atoms with Crippen molar-refractivity contribution >= 4 is 11.6 Å². The predicted molar refractivity (Wildman–Crippen MR) is 73.7 cm³/mol. The van der Waals surface area contributed by atoms with Crippen molar-refractivity contribution in [3.63, 3.8) is 0 Å². The number of likely N-dealkylation sites (N-methyl/N-ethyl adjacent to an activating group) is 1. The molecule has 0 atom stereocenters. The van der Waals surface area contributed by atoms with Gasteiger partial charge in [-0.2, -0.15) is 0 Å². The van der Waals surface area contributed by atoms with E-state index in [1.807, 2.05) is 16.7 Å². The number of carbonyl (C=O) groups is 1. The lowest BCUT2D eigenvalue weighted by Crippen LogP contribution is -2.49. The lowest BCUT2D eigenvalue weighted by atomic mass is 10.2. The highest BCUT2D eigenvalue weighted by Gasteiger charge is 2.20. The monoisotopic (exact) mass is 283 g/mol. The molecule has 0 spiro atoms. The van der Waals surface area contributed by atoms with Crippen molar-refractivity contribution in [3.8, 4) is 0 Å². The summed E-state index contributed by atoms with van der Waals surface area (Å²) >= 11 is 0. The normalized spacial score (nSPS) is 16.2. The molecule has 0 radical (unpaired) electrons. The van der Waals surface area contributed by atoms with Gasteiger partial charge in [-0.3, -0.25) is 9.69 Å². The third kappa shape index (κ3) is 3.66. The molecule has 0 aromatic heterocycles. The van der Waals surface area contributed by atoms with Gasteiger partial charge in [0.1, 0.15) is 11.6 Å². The number of halogens is 2. The minimum Gasteiger partial charge on any atom is -0.367 e. The smallest absolute Gasteiger partial charge is 0.234 e. The van der Waals surface area contributed by atoms with Crippen molar-refractivity contribution in [1.29, 1.82) is 0 Å². The molecule has 1 aromatic rings. The van der Waals surface area contributed by atoms with Gasteiger partial charge < -0.3 is 10.2 Å². The summed E-state index contributed by atoms with van der Waals surface area (Å²) in [4.78, 5) is 15.4. The molecule has 1 heterocycles. The molecule has 6 heteroatoms. The molecule has 4 nitrogen and oxygen atoms in total. The molecule has 0 saturated carbocycles. The molecule has 1 aliphatic heterocycles. The van der Waals surface area contributed by atoms with Crippen LogP contribution in [0.4, 0.5) is 14.5 Å². The Morgan fingerprint density at radius 3 is 2.55 bits per heavy atom. The molecule has 0 bridgehead atoms. The second-order valence-corrected chi connectivity index (χ2v) is 4.81. The maximum absolute atomic E-state index is 13.7. The van der Waals surface area contributed by atoms with Crippen LogP contribution in [-0.4, -0.2) is 50.1 Å². The first-order valence-electron chi connectivity index (χ1n) is 6.79. The van der Waals surface area contributed by atoms with Gasteiger partial charge in [0.25, 0.3) is 0 Å². The zero-order chi connectivity index (χ0) is 14.5. The van der Waals surface area contributed by atoms with Crippen molar-refractivity contribution in [3.05, 3.63) is 29.8 Å². The molecule has 0 unspecified atom stereocenters. The van der Waals surface area contributed by atoms with E-state index in [-0.39, 0.29) is 5.91 Å². The van der Waals surface area contributed by atoms with E-state index in [1.165, 1.54) is 12.1 Å². The van der Waals surface area contributed by atoms with Crippen molar-refractivity contribution in [1.82, 2.24) is 10.2 Å². The van der Waals surface area contributed by atoms with Crippen molar-refractivity contribution in [2.24, 2.45) is 0 Å². The maximum atomic E-state index is 13.7. The Balaban J connectivity index is 1.89. The van der Waals surface area contributed by atoms with E-state index in [1.54, 1.807) is 0 Å². The fraction of sp³-hybridized carbons (Fsp3) is 0.500. The Labute approximate surface area is 117 Å². The summed E-state index contributed by atoms with van der Waals surface area (Å²) in [7, 11) is 0. The third-order valence-electron chi connectivity index (χ3n) is 3.36. The molecule has 1 amide bonds.